The average Bonchev–Trinajstić information content (AvgIpc) is 2.15. The molecular weight excluding hydrogens is 196 g/mol. The first-order valence-corrected chi connectivity index (χ1v) is 5.16. The van der Waals surface area contributed by atoms with Gasteiger partial charge in [-0.3, -0.25) is 0 Å². The molecule has 0 spiro atoms. The molecule has 0 fully saturated rings. The first-order valence-electron chi connectivity index (χ1n) is 5.16. The Bertz CT molecular complexity index is 229. The lowest BCUT2D eigenvalue weighted by molar-refractivity contribution is -0.139. The minimum absolute atomic E-state index is 0.0565. The summed E-state index contributed by atoms with van der Waals surface area (Å²) in [6.45, 7) is 5.62. The number of carboxylic acids is 1. The van der Waals surface area contributed by atoms with Gasteiger partial charge >= 0.3 is 12.0 Å². The molecule has 0 aliphatic carbocycles. The zero-order chi connectivity index (χ0) is 12.0. The Labute approximate surface area is 90.5 Å². The number of aliphatic carboxylic acids is 1. The van der Waals surface area contributed by atoms with Crippen LogP contribution in [0.2, 0.25) is 0 Å². The Morgan fingerprint density at radius 3 is 2.27 bits per heavy atom. The van der Waals surface area contributed by atoms with E-state index in [1.165, 1.54) is 4.90 Å². The molecule has 0 aromatic heterocycles. The summed E-state index contributed by atoms with van der Waals surface area (Å²) in [7, 11) is 1.64. The average molecular weight is 216 g/mol. The van der Waals surface area contributed by atoms with E-state index >= 15 is 0 Å². The fourth-order valence-corrected chi connectivity index (χ4v) is 1.03. The van der Waals surface area contributed by atoms with Crippen LogP contribution in [0.25, 0.3) is 0 Å². The Hall–Kier alpha value is -1.26. The SMILES string of the molecule is CCC[C@H](NC(=O)N(C)C(C)C)C(=O)O. The van der Waals surface area contributed by atoms with Crippen molar-refractivity contribution in [3.63, 3.8) is 0 Å². The molecule has 5 heteroatoms. The second kappa shape index (κ2) is 6.27. The highest BCUT2D eigenvalue weighted by Gasteiger charge is 2.21. The molecule has 2 amide bonds. The zero-order valence-electron chi connectivity index (χ0n) is 9.78. The van der Waals surface area contributed by atoms with Gasteiger partial charge in [0.2, 0.25) is 0 Å². The number of urea groups is 1. The predicted octanol–water partition coefficient (Wildman–Crippen LogP) is 1.29. The van der Waals surface area contributed by atoms with E-state index in [-0.39, 0.29) is 12.1 Å². The number of nitrogens with one attached hydrogen (secondary N) is 1. The van der Waals surface area contributed by atoms with E-state index < -0.39 is 12.0 Å². The molecule has 0 radical (unpaired) electrons. The highest BCUT2D eigenvalue weighted by molar-refractivity contribution is 5.82. The van der Waals surface area contributed by atoms with Gasteiger partial charge in [-0.15, -0.1) is 0 Å². The molecule has 2 N–H and O–H groups in total. The molecule has 0 saturated carbocycles. The minimum Gasteiger partial charge on any atom is -0.480 e. The van der Waals surface area contributed by atoms with E-state index in [0.717, 1.165) is 6.42 Å². The van der Waals surface area contributed by atoms with Crippen LogP contribution in [0.1, 0.15) is 33.6 Å². The predicted molar refractivity (Wildman–Crippen MR) is 57.8 cm³/mol. The molecule has 0 aromatic rings. The number of amides is 2. The van der Waals surface area contributed by atoms with Crippen LogP contribution in [0.5, 0.6) is 0 Å². The number of carbonyl (C=O) groups is 2. The molecule has 0 aliphatic heterocycles. The van der Waals surface area contributed by atoms with Crippen LogP contribution in [0.15, 0.2) is 0 Å². The van der Waals surface area contributed by atoms with Gasteiger partial charge in [0.25, 0.3) is 0 Å². The largest absolute Gasteiger partial charge is 0.480 e. The summed E-state index contributed by atoms with van der Waals surface area (Å²) in [5.41, 5.74) is 0. The molecule has 0 heterocycles. The molecule has 0 aromatic carbocycles. The van der Waals surface area contributed by atoms with Crippen LogP contribution >= 0.6 is 0 Å². The molecule has 0 unspecified atom stereocenters. The second-order valence-corrected chi connectivity index (χ2v) is 3.83. The number of nitrogens with zero attached hydrogens (tertiary/aromatic N) is 1. The summed E-state index contributed by atoms with van der Waals surface area (Å²) in [5, 5.41) is 11.3. The maximum atomic E-state index is 11.5. The van der Waals surface area contributed by atoms with Crippen molar-refractivity contribution in [2.75, 3.05) is 7.05 Å². The van der Waals surface area contributed by atoms with Crippen LogP contribution in [0.4, 0.5) is 4.79 Å². The van der Waals surface area contributed by atoms with E-state index in [2.05, 4.69) is 5.32 Å². The summed E-state index contributed by atoms with van der Waals surface area (Å²) < 4.78 is 0. The van der Waals surface area contributed by atoms with Crippen molar-refractivity contribution in [2.45, 2.75) is 45.7 Å². The molecule has 0 saturated heterocycles. The van der Waals surface area contributed by atoms with Gasteiger partial charge in [0.05, 0.1) is 0 Å². The van der Waals surface area contributed by atoms with Gasteiger partial charge in [-0.2, -0.15) is 0 Å². The maximum absolute atomic E-state index is 11.5. The van der Waals surface area contributed by atoms with E-state index in [1.54, 1.807) is 7.05 Å². The van der Waals surface area contributed by atoms with Crippen molar-refractivity contribution in [1.82, 2.24) is 10.2 Å². The third kappa shape index (κ3) is 4.67. The number of carbonyl (C=O) groups excluding carboxylic acids is 1. The quantitative estimate of drug-likeness (QED) is 0.727. The van der Waals surface area contributed by atoms with Gasteiger partial charge < -0.3 is 15.3 Å². The molecule has 5 nitrogen and oxygen atoms in total. The van der Waals surface area contributed by atoms with E-state index in [4.69, 9.17) is 5.11 Å². The normalized spacial score (nSPS) is 12.3. The van der Waals surface area contributed by atoms with Crippen LogP contribution in [-0.2, 0) is 4.79 Å². The molecule has 0 bridgehead atoms. The monoisotopic (exact) mass is 216 g/mol. The topological polar surface area (TPSA) is 69.6 Å². The van der Waals surface area contributed by atoms with E-state index in [0.29, 0.717) is 6.42 Å². The number of hydrogen-bond acceptors (Lipinski definition) is 2. The number of rotatable bonds is 5. The highest BCUT2D eigenvalue weighted by atomic mass is 16.4. The number of carboxylic acid groups (broad SMARTS) is 1. The van der Waals surface area contributed by atoms with Crippen LogP contribution < -0.4 is 5.32 Å². The van der Waals surface area contributed by atoms with Gasteiger partial charge in [-0.1, -0.05) is 13.3 Å². The van der Waals surface area contributed by atoms with Crippen LogP contribution in [-0.4, -0.2) is 41.1 Å². The number of hydrogen-bond donors (Lipinski definition) is 2. The lowest BCUT2D eigenvalue weighted by Crippen LogP contribution is -2.48. The lowest BCUT2D eigenvalue weighted by Gasteiger charge is -2.24. The van der Waals surface area contributed by atoms with Gasteiger partial charge in [0, 0.05) is 13.1 Å². The summed E-state index contributed by atoms with van der Waals surface area (Å²) >= 11 is 0. The molecular formula is C10H20N2O3. The second-order valence-electron chi connectivity index (χ2n) is 3.83. The standard InChI is InChI=1S/C10H20N2O3/c1-5-6-8(9(13)14)11-10(15)12(4)7(2)3/h7-8H,5-6H2,1-4H3,(H,11,15)(H,13,14)/t8-/m0/s1. The molecule has 88 valence electrons. The Morgan fingerprint density at radius 1 is 1.40 bits per heavy atom. The Balaban J connectivity index is 4.28. The molecule has 0 aliphatic rings. The zero-order valence-corrected chi connectivity index (χ0v) is 9.78. The Morgan fingerprint density at radius 2 is 1.93 bits per heavy atom. The van der Waals surface area contributed by atoms with Crippen molar-refractivity contribution in [3.8, 4) is 0 Å². The van der Waals surface area contributed by atoms with Gasteiger partial charge in [-0.25, -0.2) is 9.59 Å². The van der Waals surface area contributed by atoms with Crippen molar-refractivity contribution >= 4 is 12.0 Å². The molecule has 15 heavy (non-hydrogen) atoms. The van der Waals surface area contributed by atoms with Gasteiger partial charge in [-0.05, 0) is 20.3 Å². The van der Waals surface area contributed by atoms with Crippen molar-refractivity contribution < 1.29 is 14.7 Å². The minimum atomic E-state index is -0.984. The van der Waals surface area contributed by atoms with Crippen LogP contribution in [0, 0.1) is 0 Å². The van der Waals surface area contributed by atoms with Crippen molar-refractivity contribution in [2.24, 2.45) is 0 Å². The summed E-state index contributed by atoms with van der Waals surface area (Å²) in [6.07, 6.45) is 1.18. The summed E-state index contributed by atoms with van der Waals surface area (Å²) in [4.78, 5) is 23.8. The Kier molecular flexibility index (Phi) is 5.74. The van der Waals surface area contributed by atoms with E-state index in [9.17, 15) is 9.59 Å². The first kappa shape index (κ1) is 13.7. The van der Waals surface area contributed by atoms with Crippen LogP contribution in [0.3, 0.4) is 0 Å². The third-order valence-corrected chi connectivity index (χ3v) is 2.27. The van der Waals surface area contributed by atoms with Gasteiger partial charge in [0.1, 0.15) is 6.04 Å². The van der Waals surface area contributed by atoms with Crippen molar-refractivity contribution in [1.29, 1.82) is 0 Å². The van der Waals surface area contributed by atoms with E-state index in [1.807, 2.05) is 20.8 Å². The maximum Gasteiger partial charge on any atom is 0.326 e. The first-order chi connectivity index (χ1) is 6.90. The lowest BCUT2D eigenvalue weighted by atomic mass is 10.2. The van der Waals surface area contributed by atoms with Crippen molar-refractivity contribution in [3.05, 3.63) is 0 Å². The summed E-state index contributed by atoms with van der Waals surface area (Å²) in [5.74, 6) is -0.984. The van der Waals surface area contributed by atoms with Gasteiger partial charge in [0.15, 0.2) is 0 Å². The fourth-order valence-electron chi connectivity index (χ4n) is 1.03. The fraction of sp³-hybridized carbons (Fsp3) is 0.800. The molecule has 1 atom stereocenters. The smallest absolute Gasteiger partial charge is 0.326 e. The third-order valence-electron chi connectivity index (χ3n) is 2.27. The highest BCUT2D eigenvalue weighted by Crippen LogP contribution is 2.00. The molecule has 0 rings (SSSR count). The summed E-state index contributed by atoms with van der Waals surface area (Å²) in [6, 6.07) is -1.07.